The summed E-state index contributed by atoms with van der Waals surface area (Å²) < 4.78 is 19.8. The maximum Gasteiger partial charge on any atom is 0.226 e. The largest absolute Gasteiger partial charge is 0.444 e. The van der Waals surface area contributed by atoms with Crippen LogP contribution >= 0.6 is 24.0 Å². The van der Waals surface area contributed by atoms with Gasteiger partial charge < -0.3 is 15.1 Å². The van der Waals surface area contributed by atoms with Crippen LogP contribution in [-0.4, -0.2) is 24.0 Å². The van der Waals surface area contributed by atoms with E-state index in [0.717, 1.165) is 36.2 Å². The summed E-state index contributed by atoms with van der Waals surface area (Å²) in [5.41, 5.74) is 2.34. The lowest BCUT2D eigenvalue weighted by atomic mass is 9.95. The molecule has 4 rings (SSSR count). The number of oxazole rings is 1. The molecular formula is C23H26FIN4O. The summed E-state index contributed by atoms with van der Waals surface area (Å²) in [5, 5.41) is 6.62. The molecule has 2 aromatic carbocycles. The van der Waals surface area contributed by atoms with E-state index in [2.05, 4.69) is 20.6 Å². The highest BCUT2D eigenvalue weighted by molar-refractivity contribution is 14.0. The van der Waals surface area contributed by atoms with Crippen molar-refractivity contribution in [2.24, 2.45) is 4.99 Å². The number of hydrogen-bond donors (Lipinski definition) is 2. The number of nitrogens with one attached hydrogen (secondary N) is 2. The van der Waals surface area contributed by atoms with Gasteiger partial charge in [0.15, 0.2) is 5.96 Å². The minimum atomic E-state index is -0.143. The molecule has 0 bridgehead atoms. The molecule has 0 saturated heterocycles. The van der Waals surface area contributed by atoms with Gasteiger partial charge in [-0.2, -0.15) is 0 Å². The maximum atomic E-state index is 14.2. The maximum absolute atomic E-state index is 14.2. The van der Waals surface area contributed by atoms with Gasteiger partial charge in [0.05, 0.1) is 6.54 Å². The lowest BCUT2D eigenvalue weighted by molar-refractivity contribution is 0.559. The zero-order valence-electron chi connectivity index (χ0n) is 16.9. The highest BCUT2D eigenvalue weighted by atomic mass is 127. The van der Waals surface area contributed by atoms with Crippen molar-refractivity contribution in [3.8, 4) is 11.5 Å². The van der Waals surface area contributed by atoms with E-state index in [9.17, 15) is 4.39 Å². The molecule has 1 aliphatic carbocycles. The van der Waals surface area contributed by atoms with Crippen LogP contribution < -0.4 is 10.6 Å². The first-order chi connectivity index (χ1) is 14.2. The topological polar surface area (TPSA) is 62.5 Å². The van der Waals surface area contributed by atoms with E-state index in [1.165, 1.54) is 6.07 Å². The van der Waals surface area contributed by atoms with E-state index >= 15 is 0 Å². The number of aliphatic imine (C=N–C) groups is 1. The molecule has 1 fully saturated rings. The molecular weight excluding hydrogens is 494 g/mol. The number of rotatable bonds is 7. The Hall–Kier alpha value is -2.42. The molecule has 0 amide bonds. The van der Waals surface area contributed by atoms with Crippen LogP contribution in [0.4, 0.5) is 4.39 Å². The smallest absolute Gasteiger partial charge is 0.226 e. The molecule has 0 atom stereocenters. The van der Waals surface area contributed by atoms with Gasteiger partial charge in [0.1, 0.15) is 17.8 Å². The van der Waals surface area contributed by atoms with Gasteiger partial charge in [-0.05, 0) is 43.5 Å². The molecule has 2 N–H and O–H groups in total. The molecule has 1 saturated carbocycles. The first-order valence-corrected chi connectivity index (χ1v) is 9.97. The normalized spacial score (nSPS) is 14.7. The zero-order chi connectivity index (χ0) is 20.1. The monoisotopic (exact) mass is 520 g/mol. The molecule has 7 heteroatoms. The van der Waals surface area contributed by atoms with Gasteiger partial charge in [0.25, 0.3) is 0 Å². The second kappa shape index (κ2) is 10.1. The molecule has 5 nitrogen and oxygen atoms in total. The van der Waals surface area contributed by atoms with Crippen molar-refractivity contribution < 1.29 is 8.81 Å². The molecule has 0 radical (unpaired) electrons. The average Bonchev–Trinajstić information content (AvgIpc) is 3.39. The molecule has 1 aromatic heterocycles. The van der Waals surface area contributed by atoms with Gasteiger partial charge in [-0.1, -0.05) is 36.4 Å². The molecule has 3 aromatic rings. The first-order valence-electron chi connectivity index (χ1n) is 9.97. The molecule has 1 heterocycles. The van der Waals surface area contributed by atoms with Gasteiger partial charge in [0, 0.05) is 24.1 Å². The van der Waals surface area contributed by atoms with Gasteiger partial charge in [-0.3, -0.25) is 0 Å². The van der Waals surface area contributed by atoms with Crippen LogP contribution in [0.1, 0.15) is 31.0 Å². The quantitative estimate of drug-likeness (QED) is 0.265. The summed E-state index contributed by atoms with van der Waals surface area (Å²) in [7, 11) is 0. The van der Waals surface area contributed by atoms with Crippen LogP contribution in [-0.2, 0) is 12.0 Å². The van der Waals surface area contributed by atoms with E-state index < -0.39 is 0 Å². The van der Waals surface area contributed by atoms with Crippen molar-refractivity contribution in [1.82, 2.24) is 15.6 Å². The number of benzene rings is 2. The van der Waals surface area contributed by atoms with Crippen LogP contribution in [0.5, 0.6) is 0 Å². The SMILES string of the molecule is CCNC(=NCc1coc(-c2ccccc2)n1)NCC1(c2ccccc2F)CC1.I. The van der Waals surface area contributed by atoms with E-state index in [-0.39, 0.29) is 35.2 Å². The zero-order valence-corrected chi connectivity index (χ0v) is 19.2. The fourth-order valence-corrected chi connectivity index (χ4v) is 3.43. The Morgan fingerprint density at radius 1 is 1.10 bits per heavy atom. The minimum Gasteiger partial charge on any atom is -0.444 e. The fraction of sp³-hybridized carbons (Fsp3) is 0.304. The predicted octanol–water partition coefficient (Wildman–Crippen LogP) is 4.89. The second-order valence-electron chi connectivity index (χ2n) is 7.32. The predicted molar refractivity (Wildman–Crippen MR) is 127 cm³/mol. The van der Waals surface area contributed by atoms with Crippen molar-refractivity contribution in [1.29, 1.82) is 0 Å². The Bertz CT molecular complexity index is 986. The van der Waals surface area contributed by atoms with Crippen molar-refractivity contribution in [3.63, 3.8) is 0 Å². The summed E-state index contributed by atoms with van der Waals surface area (Å²) in [6.45, 7) is 3.81. The minimum absolute atomic E-state index is 0. The van der Waals surface area contributed by atoms with Crippen molar-refractivity contribution in [3.05, 3.63) is 77.9 Å². The van der Waals surface area contributed by atoms with Gasteiger partial charge in [0.2, 0.25) is 5.89 Å². The van der Waals surface area contributed by atoms with Crippen molar-refractivity contribution in [2.75, 3.05) is 13.1 Å². The highest BCUT2D eigenvalue weighted by Crippen LogP contribution is 2.48. The Morgan fingerprint density at radius 2 is 1.83 bits per heavy atom. The molecule has 0 spiro atoms. The Labute approximate surface area is 193 Å². The average molecular weight is 520 g/mol. The molecule has 158 valence electrons. The fourth-order valence-electron chi connectivity index (χ4n) is 3.43. The lowest BCUT2D eigenvalue weighted by Gasteiger charge is -2.19. The molecule has 30 heavy (non-hydrogen) atoms. The van der Waals surface area contributed by atoms with Gasteiger partial charge in [-0.15, -0.1) is 24.0 Å². The highest BCUT2D eigenvalue weighted by Gasteiger charge is 2.45. The third-order valence-electron chi connectivity index (χ3n) is 5.21. The lowest BCUT2D eigenvalue weighted by Crippen LogP contribution is -2.41. The number of halogens is 2. The van der Waals surface area contributed by atoms with Crippen LogP contribution in [0.15, 0.2) is 70.3 Å². The Morgan fingerprint density at radius 3 is 2.53 bits per heavy atom. The van der Waals surface area contributed by atoms with Gasteiger partial charge in [-0.25, -0.2) is 14.4 Å². The number of aromatic nitrogens is 1. The summed E-state index contributed by atoms with van der Waals surface area (Å²) >= 11 is 0. The first kappa shape index (κ1) is 22.3. The summed E-state index contributed by atoms with van der Waals surface area (Å²) in [6, 6.07) is 16.8. The summed E-state index contributed by atoms with van der Waals surface area (Å²) in [6.07, 6.45) is 3.59. The van der Waals surface area contributed by atoms with E-state index in [4.69, 9.17) is 4.42 Å². The third kappa shape index (κ3) is 5.19. The van der Waals surface area contributed by atoms with E-state index in [1.807, 2.05) is 49.4 Å². The van der Waals surface area contributed by atoms with Crippen molar-refractivity contribution in [2.45, 2.75) is 31.7 Å². The second-order valence-corrected chi connectivity index (χ2v) is 7.32. The molecule has 1 aliphatic rings. The van der Waals surface area contributed by atoms with E-state index in [1.54, 1.807) is 12.3 Å². The Balaban J connectivity index is 0.00000256. The summed E-state index contributed by atoms with van der Waals surface area (Å²) in [5.74, 6) is 1.15. The van der Waals surface area contributed by atoms with Gasteiger partial charge >= 0.3 is 0 Å². The molecule has 0 unspecified atom stereocenters. The Kier molecular flexibility index (Phi) is 7.47. The van der Waals surface area contributed by atoms with E-state index in [0.29, 0.717) is 24.9 Å². The number of hydrogen-bond acceptors (Lipinski definition) is 3. The summed E-state index contributed by atoms with van der Waals surface area (Å²) in [4.78, 5) is 9.13. The van der Waals surface area contributed by atoms with Crippen LogP contribution in [0.3, 0.4) is 0 Å². The standard InChI is InChI=1S/C23H25FN4O.HI/c1-2-25-22(27-16-23(12-13-23)19-10-6-7-11-20(19)24)26-14-18-15-29-21(28-18)17-8-4-3-5-9-17;/h3-11,15H,2,12-14,16H2,1H3,(H2,25,26,27);1H. The van der Waals surface area contributed by atoms with Crippen molar-refractivity contribution >= 4 is 29.9 Å². The molecule has 0 aliphatic heterocycles. The van der Waals surface area contributed by atoms with Crippen LogP contribution in [0, 0.1) is 5.82 Å². The number of nitrogens with zero attached hydrogens (tertiary/aromatic N) is 2. The number of guanidine groups is 1. The van der Waals surface area contributed by atoms with Crippen LogP contribution in [0.25, 0.3) is 11.5 Å². The van der Waals surface area contributed by atoms with Crippen LogP contribution in [0.2, 0.25) is 0 Å². The third-order valence-corrected chi connectivity index (χ3v) is 5.21.